The molecule has 1 aromatic heterocycles. The molecule has 2 aromatic rings. The highest BCUT2D eigenvalue weighted by molar-refractivity contribution is 5.77. The number of aryl methyl sites for hydroxylation is 1. The van der Waals surface area contributed by atoms with E-state index in [0.29, 0.717) is 18.2 Å². The quantitative estimate of drug-likeness (QED) is 0.279. The van der Waals surface area contributed by atoms with Crippen molar-refractivity contribution in [2.24, 2.45) is 0 Å². The largest absolute Gasteiger partial charge is 0.425 e. The second kappa shape index (κ2) is 12.2. The van der Waals surface area contributed by atoms with Crippen molar-refractivity contribution in [3.8, 4) is 17.1 Å². The SMILES string of the molecule is CCCCCCc1cnc(-c2ccc(OC(=O)C(C)OCCCC)cc2)nc1. The third kappa shape index (κ3) is 7.39. The van der Waals surface area contributed by atoms with Crippen molar-refractivity contribution in [1.29, 1.82) is 0 Å². The van der Waals surface area contributed by atoms with Gasteiger partial charge in [-0.25, -0.2) is 14.8 Å². The molecule has 1 heterocycles. The molecule has 0 N–H and O–H groups in total. The van der Waals surface area contributed by atoms with Crippen molar-refractivity contribution in [3.63, 3.8) is 0 Å². The molecule has 2 rings (SSSR count). The Morgan fingerprint density at radius 1 is 0.964 bits per heavy atom. The molecule has 0 aliphatic rings. The first-order chi connectivity index (χ1) is 13.6. The van der Waals surface area contributed by atoms with Crippen molar-refractivity contribution in [2.45, 2.75) is 71.8 Å². The summed E-state index contributed by atoms with van der Waals surface area (Å²) in [7, 11) is 0. The van der Waals surface area contributed by atoms with Gasteiger partial charge in [0.15, 0.2) is 11.9 Å². The summed E-state index contributed by atoms with van der Waals surface area (Å²) < 4.78 is 10.8. The molecule has 1 aromatic carbocycles. The van der Waals surface area contributed by atoms with Gasteiger partial charge in [-0.1, -0.05) is 39.5 Å². The van der Waals surface area contributed by atoms with Gasteiger partial charge in [0.1, 0.15) is 5.75 Å². The molecule has 0 amide bonds. The van der Waals surface area contributed by atoms with Crippen LogP contribution in [0, 0.1) is 0 Å². The van der Waals surface area contributed by atoms with Crippen LogP contribution in [0.5, 0.6) is 5.75 Å². The van der Waals surface area contributed by atoms with Crippen molar-refractivity contribution in [1.82, 2.24) is 9.97 Å². The number of esters is 1. The molecule has 0 saturated heterocycles. The van der Waals surface area contributed by atoms with Crippen LogP contribution in [0.1, 0.15) is 64.9 Å². The van der Waals surface area contributed by atoms with Crippen LogP contribution in [-0.4, -0.2) is 28.6 Å². The monoisotopic (exact) mass is 384 g/mol. The number of nitrogens with zero attached hydrogens (tertiary/aromatic N) is 2. The minimum Gasteiger partial charge on any atom is -0.425 e. The lowest BCUT2D eigenvalue weighted by molar-refractivity contribution is -0.146. The summed E-state index contributed by atoms with van der Waals surface area (Å²) >= 11 is 0. The van der Waals surface area contributed by atoms with E-state index >= 15 is 0 Å². The number of hydrogen-bond acceptors (Lipinski definition) is 5. The second-order valence-corrected chi connectivity index (χ2v) is 7.04. The lowest BCUT2D eigenvalue weighted by Gasteiger charge is -2.12. The minimum atomic E-state index is -0.570. The molecule has 0 radical (unpaired) electrons. The van der Waals surface area contributed by atoms with E-state index in [1.54, 1.807) is 19.1 Å². The van der Waals surface area contributed by atoms with E-state index in [1.807, 2.05) is 24.5 Å². The van der Waals surface area contributed by atoms with Crippen LogP contribution < -0.4 is 4.74 Å². The standard InChI is InChI=1S/C23H32N2O3/c1-4-6-8-9-10-19-16-24-22(25-17-19)20-11-13-21(14-12-20)28-23(26)18(3)27-15-7-5-2/h11-14,16-18H,4-10,15H2,1-3H3. The van der Waals surface area contributed by atoms with E-state index in [9.17, 15) is 4.79 Å². The highest BCUT2D eigenvalue weighted by Gasteiger charge is 2.15. The maximum Gasteiger partial charge on any atom is 0.340 e. The van der Waals surface area contributed by atoms with E-state index < -0.39 is 6.10 Å². The zero-order chi connectivity index (χ0) is 20.2. The smallest absolute Gasteiger partial charge is 0.340 e. The first-order valence-corrected chi connectivity index (χ1v) is 10.4. The van der Waals surface area contributed by atoms with E-state index in [2.05, 4.69) is 23.8 Å². The van der Waals surface area contributed by atoms with E-state index in [4.69, 9.17) is 9.47 Å². The average Bonchev–Trinajstić information content (AvgIpc) is 2.72. The number of carbonyl (C=O) groups excluding carboxylic acids is 1. The minimum absolute atomic E-state index is 0.382. The van der Waals surface area contributed by atoms with Crippen LogP contribution in [0.3, 0.4) is 0 Å². The normalized spacial score (nSPS) is 12.0. The van der Waals surface area contributed by atoms with Crippen LogP contribution in [-0.2, 0) is 16.0 Å². The van der Waals surface area contributed by atoms with Gasteiger partial charge in [-0.05, 0) is 56.0 Å². The molecule has 5 nitrogen and oxygen atoms in total. The molecular weight excluding hydrogens is 352 g/mol. The van der Waals surface area contributed by atoms with Gasteiger partial charge in [-0.15, -0.1) is 0 Å². The molecule has 28 heavy (non-hydrogen) atoms. The van der Waals surface area contributed by atoms with Crippen molar-refractivity contribution in [3.05, 3.63) is 42.2 Å². The Hall–Kier alpha value is -2.27. The zero-order valence-corrected chi connectivity index (χ0v) is 17.3. The molecule has 0 aliphatic carbocycles. The third-order valence-electron chi connectivity index (χ3n) is 4.55. The maximum atomic E-state index is 12.1. The number of unbranched alkanes of at least 4 members (excludes halogenated alkanes) is 4. The molecule has 1 atom stereocenters. The number of carbonyl (C=O) groups is 1. The lowest BCUT2D eigenvalue weighted by Crippen LogP contribution is -2.26. The van der Waals surface area contributed by atoms with Crippen LogP contribution in [0.25, 0.3) is 11.4 Å². The Morgan fingerprint density at radius 2 is 1.64 bits per heavy atom. The highest BCUT2D eigenvalue weighted by atomic mass is 16.6. The van der Waals surface area contributed by atoms with Crippen molar-refractivity contribution < 1.29 is 14.3 Å². The summed E-state index contributed by atoms with van der Waals surface area (Å²) in [5.41, 5.74) is 2.06. The summed E-state index contributed by atoms with van der Waals surface area (Å²) in [6, 6.07) is 7.24. The van der Waals surface area contributed by atoms with Gasteiger partial charge in [0.05, 0.1) is 0 Å². The molecule has 0 aliphatic heterocycles. The summed E-state index contributed by atoms with van der Waals surface area (Å²) in [5, 5.41) is 0. The number of rotatable bonds is 12. The number of hydrogen-bond donors (Lipinski definition) is 0. The van der Waals surface area contributed by atoms with Crippen LogP contribution in [0.15, 0.2) is 36.7 Å². The maximum absolute atomic E-state index is 12.1. The molecular formula is C23H32N2O3. The van der Waals surface area contributed by atoms with Gasteiger partial charge in [0, 0.05) is 24.6 Å². The van der Waals surface area contributed by atoms with E-state index in [-0.39, 0.29) is 5.97 Å². The number of ether oxygens (including phenoxy) is 2. The summed E-state index contributed by atoms with van der Waals surface area (Å²) in [5.74, 6) is 0.784. The average molecular weight is 385 g/mol. The summed E-state index contributed by atoms with van der Waals surface area (Å²) in [6.07, 6.45) is 11.2. The third-order valence-corrected chi connectivity index (χ3v) is 4.55. The second-order valence-electron chi connectivity index (χ2n) is 7.04. The molecule has 5 heteroatoms. The fourth-order valence-electron chi connectivity index (χ4n) is 2.73. The topological polar surface area (TPSA) is 61.3 Å². The molecule has 0 bridgehead atoms. The van der Waals surface area contributed by atoms with E-state index in [1.165, 1.54) is 31.2 Å². The number of benzene rings is 1. The molecule has 0 fully saturated rings. The summed E-state index contributed by atoms with van der Waals surface area (Å²) in [4.78, 5) is 21.0. The van der Waals surface area contributed by atoms with E-state index in [0.717, 1.165) is 24.8 Å². The van der Waals surface area contributed by atoms with Crippen molar-refractivity contribution >= 4 is 5.97 Å². The first-order valence-electron chi connectivity index (χ1n) is 10.4. The highest BCUT2D eigenvalue weighted by Crippen LogP contribution is 2.20. The molecule has 1 unspecified atom stereocenters. The van der Waals surface area contributed by atoms with Crippen LogP contribution >= 0.6 is 0 Å². The van der Waals surface area contributed by atoms with Crippen LogP contribution in [0.2, 0.25) is 0 Å². The van der Waals surface area contributed by atoms with Crippen LogP contribution in [0.4, 0.5) is 0 Å². The van der Waals surface area contributed by atoms with Gasteiger partial charge in [-0.3, -0.25) is 0 Å². The summed E-state index contributed by atoms with van der Waals surface area (Å²) in [6.45, 7) is 6.58. The lowest BCUT2D eigenvalue weighted by atomic mass is 10.1. The molecule has 0 spiro atoms. The van der Waals surface area contributed by atoms with Gasteiger partial charge < -0.3 is 9.47 Å². The Labute approximate surface area is 168 Å². The Kier molecular flexibility index (Phi) is 9.63. The number of aromatic nitrogens is 2. The Balaban J connectivity index is 1.87. The van der Waals surface area contributed by atoms with Gasteiger partial charge in [-0.2, -0.15) is 0 Å². The molecule has 0 saturated carbocycles. The van der Waals surface area contributed by atoms with Crippen molar-refractivity contribution in [2.75, 3.05) is 6.61 Å². The fraction of sp³-hybridized carbons (Fsp3) is 0.522. The predicted octanol–water partition coefficient (Wildman–Crippen LogP) is 5.38. The first kappa shape index (κ1) is 22.0. The Bertz CT molecular complexity index is 699. The zero-order valence-electron chi connectivity index (χ0n) is 17.3. The Morgan fingerprint density at radius 3 is 2.29 bits per heavy atom. The van der Waals surface area contributed by atoms with Gasteiger partial charge in [0.2, 0.25) is 0 Å². The fourth-order valence-corrected chi connectivity index (χ4v) is 2.73. The van der Waals surface area contributed by atoms with Gasteiger partial charge in [0.25, 0.3) is 0 Å². The van der Waals surface area contributed by atoms with Gasteiger partial charge >= 0.3 is 5.97 Å². The predicted molar refractivity (Wildman–Crippen MR) is 111 cm³/mol. The molecule has 152 valence electrons.